The highest BCUT2D eigenvalue weighted by atomic mass is 16.5. The Hall–Kier alpha value is -1.40. The molecule has 6 nitrogen and oxygen atoms in total. The van der Waals surface area contributed by atoms with Crippen LogP contribution in [0, 0.1) is 13.8 Å². The Morgan fingerprint density at radius 2 is 1.75 bits per heavy atom. The molecule has 1 saturated heterocycles. The Morgan fingerprint density at radius 3 is 2.35 bits per heavy atom. The largest absolute Gasteiger partial charge is 0.388 e. The number of ether oxygens (including phenoxy) is 1. The highest BCUT2D eigenvalue weighted by Gasteiger charge is 2.29. The number of anilines is 2. The maximum absolute atomic E-state index is 10.5. The molecular weight excluding hydrogens is 256 g/mol. The summed E-state index contributed by atoms with van der Waals surface area (Å²) in [5.74, 6) is 2.35. The van der Waals surface area contributed by atoms with E-state index in [1.165, 1.54) is 0 Å². The standard InChI is InChI=1S/C14H24N4O2/c1-4-15-12-10(2)13(18-11(3)17-12)16-9-14(19)5-7-20-8-6-14/h19H,4-9H2,1-3H3,(H2,15,16,17,18). The quantitative estimate of drug-likeness (QED) is 0.758. The minimum absolute atomic E-state index is 0.485. The summed E-state index contributed by atoms with van der Waals surface area (Å²) in [4.78, 5) is 8.82. The normalized spacial score (nSPS) is 17.8. The molecule has 1 aliphatic rings. The van der Waals surface area contributed by atoms with Gasteiger partial charge in [0, 0.05) is 44.7 Å². The third-order valence-electron chi connectivity index (χ3n) is 3.61. The van der Waals surface area contributed by atoms with E-state index >= 15 is 0 Å². The molecule has 1 aliphatic heterocycles. The summed E-state index contributed by atoms with van der Waals surface area (Å²) in [6.45, 7) is 8.42. The van der Waals surface area contributed by atoms with Gasteiger partial charge in [-0.1, -0.05) is 0 Å². The second-order valence-electron chi connectivity index (χ2n) is 5.31. The van der Waals surface area contributed by atoms with Crippen LogP contribution in [0.25, 0.3) is 0 Å². The lowest BCUT2D eigenvalue weighted by molar-refractivity contribution is -0.0543. The summed E-state index contributed by atoms with van der Waals surface area (Å²) in [6, 6.07) is 0. The fourth-order valence-corrected chi connectivity index (χ4v) is 2.32. The predicted molar refractivity (Wildman–Crippen MR) is 79.2 cm³/mol. The van der Waals surface area contributed by atoms with Gasteiger partial charge in [-0.25, -0.2) is 9.97 Å². The van der Waals surface area contributed by atoms with Crippen molar-refractivity contribution in [2.75, 3.05) is 36.9 Å². The van der Waals surface area contributed by atoms with Gasteiger partial charge in [-0.15, -0.1) is 0 Å². The van der Waals surface area contributed by atoms with Gasteiger partial charge in [-0.3, -0.25) is 0 Å². The van der Waals surface area contributed by atoms with E-state index in [1.54, 1.807) is 0 Å². The number of nitrogens with zero attached hydrogens (tertiary/aromatic N) is 2. The summed E-state index contributed by atoms with van der Waals surface area (Å²) < 4.78 is 5.29. The molecule has 1 fully saturated rings. The van der Waals surface area contributed by atoms with E-state index < -0.39 is 5.60 Å². The number of aromatic nitrogens is 2. The number of aryl methyl sites for hydroxylation is 1. The lowest BCUT2D eigenvalue weighted by Gasteiger charge is -2.32. The van der Waals surface area contributed by atoms with E-state index in [-0.39, 0.29) is 0 Å². The molecule has 0 aromatic carbocycles. The summed E-state index contributed by atoms with van der Waals surface area (Å²) >= 11 is 0. The third kappa shape index (κ3) is 3.58. The van der Waals surface area contributed by atoms with E-state index in [0.29, 0.717) is 38.4 Å². The fraction of sp³-hybridized carbons (Fsp3) is 0.714. The molecule has 1 aromatic heterocycles. The monoisotopic (exact) mass is 280 g/mol. The van der Waals surface area contributed by atoms with Gasteiger partial charge in [0.25, 0.3) is 0 Å². The zero-order valence-electron chi connectivity index (χ0n) is 12.5. The van der Waals surface area contributed by atoms with Crippen molar-refractivity contribution >= 4 is 11.6 Å². The van der Waals surface area contributed by atoms with E-state index in [9.17, 15) is 5.11 Å². The molecule has 6 heteroatoms. The Balaban J connectivity index is 2.08. The topological polar surface area (TPSA) is 79.3 Å². The van der Waals surface area contributed by atoms with Crippen LogP contribution in [0.3, 0.4) is 0 Å². The molecule has 0 saturated carbocycles. The minimum atomic E-state index is -0.706. The zero-order valence-corrected chi connectivity index (χ0v) is 12.5. The van der Waals surface area contributed by atoms with Crippen LogP contribution in [0.4, 0.5) is 11.6 Å². The summed E-state index contributed by atoms with van der Waals surface area (Å²) in [5, 5.41) is 17.0. The third-order valence-corrected chi connectivity index (χ3v) is 3.61. The van der Waals surface area contributed by atoms with Crippen molar-refractivity contribution in [3.05, 3.63) is 11.4 Å². The molecule has 20 heavy (non-hydrogen) atoms. The molecule has 0 aliphatic carbocycles. The first-order chi connectivity index (χ1) is 9.54. The molecule has 1 aromatic rings. The number of nitrogens with one attached hydrogen (secondary N) is 2. The van der Waals surface area contributed by atoms with E-state index in [2.05, 4.69) is 20.6 Å². The van der Waals surface area contributed by atoms with Crippen LogP contribution in [0.1, 0.15) is 31.2 Å². The Morgan fingerprint density at radius 1 is 1.15 bits per heavy atom. The molecule has 0 amide bonds. The van der Waals surface area contributed by atoms with Gasteiger partial charge in [0.15, 0.2) is 0 Å². The van der Waals surface area contributed by atoms with Crippen molar-refractivity contribution < 1.29 is 9.84 Å². The van der Waals surface area contributed by atoms with Crippen molar-refractivity contribution in [2.45, 2.75) is 39.2 Å². The smallest absolute Gasteiger partial charge is 0.134 e. The Bertz CT molecular complexity index is 459. The molecule has 0 atom stereocenters. The highest BCUT2D eigenvalue weighted by molar-refractivity contribution is 5.57. The van der Waals surface area contributed by atoms with Crippen LogP contribution in [0.5, 0.6) is 0 Å². The Labute approximate surface area is 120 Å². The molecule has 3 N–H and O–H groups in total. The number of hydrogen-bond acceptors (Lipinski definition) is 6. The lowest BCUT2D eigenvalue weighted by atomic mass is 9.94. The Kier molecular flexibility index (Phi) is 4.77. The van der Waals surface area contributed by atoms with Crippen LogP contribution >= 0.6 is 0 Å². The lowest BCUT2D eigenvalue weighted by Crippen LogP contribution is -2.42. The van der Waals surface area contributed by atoms with E-state index in [0.717, 1.165) is 23.7 Å². The first-order valence-corrected chi connectivity index (χ1v) is 7.17. The van der Waals surface area contributed by atoms with Gasteiger partial charge in [-0.05, 0) is 20.8 Å². The molecule has 0 spiro atoms. The molecule has 2 heterocycles. The van der Waals surface area contributed by atoms with Gasteiger partial charge in [0.05, 0.1) is 5.60 Å². The average molecular weight is 280 g/mol. The molecule has 2 rings (SSSR count). The average Bonchev–Trinajstić information content (AvgIpc) is 2.42. The van der Waals surface area contributed by atoms with Crippen LogP contribution in [0.15, 0.2) is 0 Å². The zero-order chi connectivity index (χ0) is 14.6. The maximum atomic E-state index is 10.5. The molecule has 0 unspecified atom stereocenters. The van der Waals surface area contributed by atoms with Crippen LogP contribution in [-0.4, -0.2) is 47.0 Å². The second-order valence-corrected chi connectivity index (χ2v) is 5.31. The van der Waals surface area contributed by atoms with Crippen LogP contribution in [0.2, 0.25) is 0 Å². The second kappa shape index (κ2) is 6.37. The van der Waals surface area contributed by atoms with Crippen molar-refractivity contribution in [3.8, 4) is 0 Å². The molecule has 0 bridgehead atoms. The maximum Gasteiger partial charge on any atom is 0.134 e. The first kappa shape index (κ1) is 15.0. The van der Waals surface area contributed by atoms with Gasteiger partial charge < -0.3 is 20.5 Å². The number of rotatable bonds is 5. The number of aliphatic hydroxyl groups is 1. The molecular formula is C14H24N4O2. The number of hydrogen-bond donors (Lipinski definition) is 3. The summed E-state index contributed by atoms with van der Waals surface area (Å²) in [6.07, 6.45) is 1.31. The van der Waals surface area contributed by atoms with E-state index in [4.69, 9.17) is 4.74 Å². The van der Waals surface area contributed by atoms with Crippen molar-refractivity contribution in [1.82, 2.24) is 9.97 Å². The molecule has 0 radical (unpaired) electrons. The fourth-order valence-electron chi connectivity index (χ4n) is 2.32. The molecule has 112 valence electrons. The van der Waals surface area contributed by atoms with Gasteiger partial charge in [-0.2, -0.15) is 0 Å². The predicted octanol–water partition coefficient (Wildman–Crippen LogP) is 1.48. The van der Waals surface area contributed by atoms with Gasteiger partial charge in [0.1, 0.15) is 17.5 Å². The van der Waals surface area contributed by atoms with Gasteiger partial charge >= 0.3 is 0 Å². The SMILES string of the molecule is CCNc1nc(C)nc(NCC2(O)CCOCC2)c1C. The highest BCUT2D eigenvalue weighted by Crippen LogP contribution is 2.24. The summed E-state index contributed by atoms with van der Waals surface area (Å²) in [5.41, 5.74) is 0.273. The van der Waals surface area contributed by atoms with Crippen molar-refractivity contribution in [1.29, 1.82) is 0 Å². The minimum Gasteiger partial charge on any atom is -0.388 e. The van der Waals surface area contributed by atoms with Crippen molar-refractivity contribution in [2.24, 2.45) is 0 Å². The summed E-state index contributed by atoms with van der Waals surface area (Å²) in [7, 11) is 0. The van der Waals surface area contributed by atoms with E-state index in [1.807, 2.05) is 20.8 Å². The van der Waals surface area contributed by atoms with Crippen molar-refractivity contribution in [3.63, 3.8) is 0 Å². The van der Waals surface area contributed by atoms with Crippen LogP contribution < -0.4 is 10.6 Å². The first-order valence-electron chi connectivity index (χ1n) is 7.17. The van der Waals surface area contributed by atoms with Crippen LogP contribution in [-0.2, 0) is 4.74 Å². The van der Waals surface area contributed by atoms with Gasteiger partial charge in [0.2, 0.25) is 0 Å².